The Morgan fingerprint density at radius 2 is 1.39 bits per heavy atom. The number of fused-ring (bicyclic) bond motifs is 3. The van der Waals surface area contributed by atoms with Gasteiger partial charge in [-0.25, -0.2) is 0 Å². The molecule has 0 saturated heterocycles. The van der Waals surface area contributed by atoms with E-state index in [9.17, 15) is 0 Å². The molecule has 5 heteroatoms. The van der Waals surface area contributed by atoms with E-state index in [1.807, 2.05) is 24.3 Å². The number of thiophene rings is 1. The normalized spacial score (nSPS) is 12.4. The third kappa shape index (κ3) is 3.66. The molecule has 1 aliphatic heterocycles. The second-order valence-corrected chi connectivity index (χ2v) is 12.2. The zero-order valence-electron chi connectivity index (χ0n) is 19.1. The van der Waals surface area contributed by atoms with Crippen molar-refractivity contribution in [2.24, 2.45) is 0 Å². The molecule has 0 aliphatic carbocycles. The van der Waals surface area contributed by atoms with Crippen molar-refractivity contribution in [1.29, 1.82) is 0 Å². The minimum absolute atomic E-state index is 0.262. The van der Waals surface area contributed by atoms with E-state index in [0.717, 1.165) is 32.9 Å². The predicted molar refractivity (Wildman–Crippen MR) is 155 cm³/mol. The number of halogens is 1. The van der Waals surface area contributed by atoms with E-state index < -0.39 is 0 Å². The molecule has 0 unspecified atom stereocenters. The number of hydrogen-bond acceptors (Lipinski definition) is 3. The summed E-state index contributed by atoms with van der Waals surface area (Å²) in [4.78, 5) is 8.92. The van der Waals surface area contributed by atoms with Gasteiger partial charge in [0, 0.05) is 0 Å². The van der Waals surface area contributed by atoms with Gasteiger partial charge >= 0.3 is 226 Å². The second kappa shape index (κ2) is 8.92. The molecule has 0 spiro atoms. The van der Waals surface area contributed by atoms with Crippen LogP contribution >= 0.6 is 22.9 Å². The predicted octanol–water partition coefficient (Wildman–Crippen LogP) is 7.72. The summed E-state index contributed by atoms with van der Waals surface area (Å²) >= 11 is 8.22. The van der Waals surface area contributed by atoms with E-state index in [0.29, 0.717) is 0 Å². The van der Waals surface area contributed by atoms with Gasteiger partial charge in [0.1, 0.15) is 0 Å². The van der Waals surface area contributed by atoms with Crippen LogP contribution in [0, 0.1) is 0 Å². The van der Waals surface area contributed by atoms with Crippen molar-refractivity contribution in [3.05, 3.63) is 120 Å². The maximum atomic E-state index is 6.21. The summed E-state index contributed by atoms with van der Waals surface area (Å²) in [6.07, 6.45) is 0. The van der Waals surface area contributed by atoms with Crippen molar-refractivity contribution in [1.82, 2.24) is 4.98 Å². The second-order valence-electron chi connectivity index (χ2n) is 8.59. The quantitative estimate of drug-likeness (QED) is 0.204. The van der Waals surface area contributed by atoms with E-state index in [-0.39, 0.29) is 15.0 Å². The van der Waals surface area contributed by atoms with Crippen LogP contribution in [0.2, 0.25) is 5.02 Å². The van der Waals surface area contributed by atoms with E-state index in [1.54, 1.807) is 11.3 Å². The fourth-order valence-corrected chi connectivity index (χ4v) is 7.88. The molecule has 0 amide bonds. The Morgan fingerprint density at radius 1 is 0.694 bits per heavy atom. The molecule has 0 bridgehead atoms. The first-order valence-corrected chi connectivity index (χ1v) is 14.6. The number of para-hydroxylation sites is 3. The molecule has 0 fully saturated rings. The molecule has 7 rings (SSSR count). The first kappa shape index (κ1) is 21.8. The van der Waals surface area contributed by atoms with Gasteiger partial charge in [-0.3, -0.25) is 0 Å². The van der Waals surface area contributed by atoms with Crippen LogP contribution in [0.1, 0.15) is 0 Å². The molecule has 6 aromatic rings. The van der Waals surface area contributed by atoms with Crippen molar-refractivity contribution in [3.8, 4) is 21.7 Å². The van der Waals surface area contributed by atoms with Crippen LogP contribution in [0.4, 0.5) is 17.1 Å². The van der Waals surface area contributed by atoms with Gasteiger partial charge in [0.2, 0.25) is 0 Å². The topological polar surface area (TPSA) is 16.1 Å². The Labute approximate surface area is 225 Å². The Kier molecular flexibility index (Phi) is 5.41. The van der Waals surface area contributed by atoms with Crippen molar-refractivity contribution in [2.75, 3.05) is 4.90 Å². The maximum absolute atomic E-state index is 6.21. The molecule has 1 aliphatic rings. The van der Waals surface area contributed by atoms with Crippen LogP contribution < -0.4 is 13.8 Å². The molecule has 4 aromatic carbocycles. The average molecular weight is 566 g/mol. The van der Waals surface area contributed by atoms with Crippen LogP contribution in [0.5, 0.6) is 0 Å². The van der Waals surface area contributed by atoms with Crippen molar-refractivity contribution in [3.63, 3.8) is 0 Å². The molecule has 36 heavy (non-hydrogen) atoms. The number of pyridine rings is 1. The van der Waals surface area contributed by atoms with Crippen LogP contribution in [0.25, 0.3) is 32.6 Å². The van der Waals surface area contributed by atoms with Crippen LogP contribution in [-0.4, -0.2) is 19.9 Å². The fraction of sp³-hybridized carbons (Fsp3) is 0. The first-order valence-electron chi connectivity index (χ1n) is 11.7. The van der Waals surface area contributed by atoms with Crippen molar-refractivity contribution < 1.29 is 0 Å². The van der Waals surface area contributed by atoms with Gasteiger partial charge in [-0.1, -0.05) is 0 Å². The van der Waals surface area contributed by atoms with Gasteiger partial charge in [-0.05, 0) is 0 Å². The molecule has 0 N–H and O–H groups in total. The molecule has 172 valence electrons. The number of hydrogen-bond donors (Lipinski definition) is 0. The Hall–Kier alpha value is -3.40. The number of benzene rings is 4. The van der Waals surface area contributed by atoms with Crippen LogP contribution in [0.3, 0.4) is 0 Å². The van der Waals surface area contributed by atoms with E-state index in [1.165, 1.54) is 30.7 Å². The third-order valence-electron chi connectivity index (χ3n) is 6.42. The van der Waals surface area contributed by atoms with E-state index in [2.05, 4.69) is 95.2 Å². The summed E-state index contributed by atoms with van der Waals surface area (Å²) in [5.74, 6) is 0. The van der Waals surface area contributed by atoms with Gasteiger partial charge in [0.05, 0.1) is 0 Å². The van der Waals surface area contributed by atoms with Crippen LogP contribution in [0.15, 0.2) is 115 Å². The van der Waals surface area contributed by atoms with E-state index >= 15 is 0 Å². The summed E-state index contributed by atoms with van der Waals surface area (Å²) in [5.41, 5.74) is 7.75. The van der Waals surface area contributed by atoms with E-state index in [4.69, 9.17) is 16.6 Å². The van der Waals surface area contributed by atoms with Crippen molar-refractivity contribution >= 4 is 74.8 Å². The number of rotatable bonds is 3. The van der Waals surface area contributed by atoms with Gasteiger partial charge < -0.3 is 0 Å². The average Bonchev–Trinajstić information content (AvgIpc) is 3.46. The molecule has 0 radical (unpaired) electrons. The van der Waals surface area contributed by atoms with Crippen LogP contribution in [-0.2, 0) is 0 Å². The number of aromatic nitrogens is 1. The Morgan fingerprint density at radius 3 is 2.08 bits per heavy atom. The monoisotopic (exact) mass is 566 g/mol. The molecule has 0 saturated carbocycles. The molecule has 0 atom stereocenters. The summed E-state index contributed by atoms with van der Waals surface area (Å²) in [5, 5.41) is 4.01. The molecular weight excluding hydrogens is 547 g/mol. The zero-order valence-corrected chi connectivity index (χ0v) is 22.3. The fourth-order valence-electron chi connectivity index (χ4n) is 4.78. The summed E-state index contributed by atoms with van der Waals surface area (Å²) in [6, 6.07) is 38.5. The molecule has 2 aromatic heterocycles. The standard InChI is InChI=1S/C31H19ClN2SSe/c32-21-16-14-20(15-17-21)24-19-23(28-11-6-18-35-28)22-7-5-10-27(31(22)33-24)34-25-8-1-3-12-29(25)36-30-13-4-2-9-26(30)34/h1-19H. The van der Waals surface area contributed by atoms with Gasteiger partial charge in [0.25, 0.3) is 0 Å². The van der Waals surface area contributed by atoms with Gasteiger partial charge in [-0.15, -0.1) is 0 Å². The van der Waals surface area contributed by atoms with Gasteiger partial charge in [-0.2, -0.15) is 0 Å². The molecule has 3 heterocycles. The van der Waals surface area contributed by atoms with Gasteiger partial charge in [0.15, 0.2) is 0 Å². The van der Waals surface area contributed by atoms with Crippen molar-refractivity contribution in [2.45, 2.75) is 0 Å². The zero-order chi connectivity index (χ0) is 24.1. The molecule has 2 nitrogen and oxygen atoms in total. The first-order chi connectivity index (χ1) is 17.8. The summed E-state index contributed by atoms with van der Waals surface area (Å²) in [7, 11) is 0. The molecular formula is C31H19ClN2SSe. The summed E-state index contributed by atoms with van der Waals surface area (Å²) in [6.45, 7) is 0. The number of anilines is 3. The Balaban J connectivity index is 1.55. The SMILES string of the molecule is Clc1ccc(-c2cc(-c3cccs3)c3cccc(N4c5ccccc5[Se]c5ccccc54)c3n2)cc1. The third-order valence-corrected chi connectivity index (χ3v) is 9.94. The number of nitrogens with zero attached hydrogens (tertiary/aromatic N) is 2. The minimum atomic E-state index is 0.262. The summed E-state index contributed by atoms with van der Waals surface area (Å²) < 4.78 is 2.76. The Bertz CT molecular complexity index is 1680.